The normalized spacial score (nSPS) is 18.1. The Hall–Kier alpha value is -1.48. The van der Waals surface area contributed by atoms with Crippen molar-refractivity contribution in [2.75, 3.05) is 13.7 Å². The van der Waals surface area contributed by atoms with Crippen molar-refractivity contribution in [3.05, 3.63) is 29.5 Å². The molecule has 0 unspecified atom stereocenters. The summed E-state index contributed by atoms with van der Waals surface area (Å²) in [5.41, 5.74) is 10.0. The summed E-state index contributed by atoms with van der Waals surface area (Å²) in [5, 5.41) is 1.26. The van der Waals surface area contributed by atoms with E-state index in [-0.39, 0.29) is 5.41 Å². The second-order valence-corrected chi connectivity index (χ2v) is 5.70. The third kappa shape index (κ3) is 1.76. The molecule has 102 valence electrons. The standard InChI is InChI=1S/C16H22N2O/c1-11-12-6-5-7-13(19-2)14(12)18-15(11)16(10-17)8-3-4-9-16/h5-7,18H,3-4,8-10,17H2,1-2H3. The van der Waals surface area contributed by atoms with Crippen molar-refractivity contribution >= 4 is 10.9 Å². The second-order valence-electron chi connectivity index (χ2n) is 5.70. The Morgan fingerprint density at radius 2 is 2.05 bits per heavy atom. The lowest BCUT2D eigenvalue weighted by atomic mass is 9.81. The van der Waals surface area contributed by atoms with Crippen molar-refractivity contribution in [3.8, 4) is 5.75 Å². The molecule has 0 spiro atoms. The summed E-state index contributed by atoms with van der Waals surface area (Å²) in [6.45, 7) is 2.92. The Balaban J connectivity index is 2.22. The topological polar surface area (TPSA) is 51.0 Å². The van der Waals surface area contributed by atoms with Gasteiger partial charge in [-0.15, -0.1) is 0 Å². The zero-order valence-electron chi connectivity index (χ0n) is 11.8. The van der Waals surface area contributed by atoms with Gasteiger partial charge in [0.2, 0.25) is 0 Å². The Kier molecular flexibility index (Phi) is 3.02. The van der Waals surface area contributed by atoms with E-state index in [1.807, 2.05) is 6.07 Å². The molecule has 3 rings (SSSR count). The molecule has 0 atom stereocenters. The molecule has 3 nitrogen and oxygen atoms in total. The number of benzene rings is 1. The first-order valence-electron chi connectivity index (χ1n) is 7.08. The van der Waals surface area contributed by atoms with Gasteiger partial charge in [-0.2, -0.15) is 0 Å². The summed E-state index contributed by atoms with van der Waals surface area (Å²) in [4.78, 5) is 3.61. The van der Waals surface area contributed by atoms with Gasteiger partial charge in [-0.05, 0) is 31.4 Å². The monoisotopic (exact) mass is 258 g/mol. The molecule has 19 heavy (non-hydrogen) atoms. The molecule has 2 aromatic rings. The van der Waals surface area contributed by atoms with E-state index < -0.39 is 0 Å². The highest BCUT2D eigenvalue weighted by molar-refractivity contribution is 5.89. The fraction of sp³-hybridized carbons (Fsp3) is 0.500. The zero-order chi connectivity index (χ0) is 13.5. The number of hydrogen-bond acceptors (Lipinski definition) is 2. The van der Waals surface area contributed by atoms with Crippen LogP contribution in [0.2, 0.25) is 0 Å². The molecule has 0 saturated heterocycles. The number of para-hydroxylation sites is 1. The molecule has 3 heteroatoms. The van der Waals surface area contributed by atoms with Gasteiger partial charge >= 0.3 is 0 Å². The molecular formula is C16H22N2O. The highest BCUT2D eigenvalue weighted by Crippen LogP contribution is 2.43. The smallest absolute Gasteiger partial charge is 0.142 e. The summed E-state index contributed by atoms with van der Waals surface area (Å²) in [6, 6.07) is 6.22. The number of hydrogen-bond donors (Lipinski definition) is 2. The Bertz CT molecular complexity index is 594. The number of methoxy groups -OCH3 is 1. The number of aromatic amines is 1. The average Bonchev–Trinajstić information content (AvgIpc) is 3.05. The fourth-order valence-electron chi connectivity index (χ4n) is 3.63. The van der Waals surface area contributed by atoms with Crippen LogP contribution in [0.3, 0.4) is 0 Å². The van der Waals surface area contributed by atoms with Crippen molar-refractivity contribution in [1.82, 2.24) is 4.98 Å². The minimum absolute atomic E-state index is 0.147. The van der Waals surface area contributed by atoms with Gasteiger partial charge in [-0.3, -0.25) is 0 Å². The van der Waals surface area contributed by atoms with E-state index >= 15 is 0 Å². The van der Waals surface area contributed by atoms with Gasteiger partial charge in [-0.1, -0.05) is 25.0 Å². The van der Waals surface area contributed by atoms with Gasteiger partial charge in [0.1, 0.15) is 5.75 Å². The van der Waals surface area contributed by atoms with Crippen LogP contribution < -0.4 is 10.5 Å². The number of ether oxygens (including phenoxy) is 1. The van der Waals surface area contributed by atoms with Crippen LogP contribution in [0.4, 0.5) is 0 Å². The van der Waals surface area contributed by atoms with Crippen LogP contribution in [0.1, 0.15) is 36.9 Å². The number of rotatable bonds is 3. The third-order valence-electron chi connectivity index (χ3n) is 4.76. The molecule has 0 bridgehead atoms. The Morgan fingerprint density at radius 3 is 2.68 bits per heavy atom. The van der Waals surface area contributed by atoms with E-state index in [1.165, 1.54) is 42.3 Å². The Labute approximate surface area is 114 Å². The van der Waals surface area contributed by atoms with Crippen molar-refractivity contribution in [3.63, 3.8) is 0 Å². The predicted molar refractivity (Wildman–Crippen MR) is 78.8 cm³/mol. The van der Waals surface area contributed by atoms with Crippen molar-refractivity contribution in [2.24, 2.45) is 5.73 Å². The number of fused-ring (bicyclic) bond motifs is 1. The van der Waals surface area contributed by atoms with Gasteiger partial charge in [0, 0.05) is 23.0 Å². The first-order valence-corrected chi connectivity index (χ1v) is 7.08. The minimum atomic E-state index is 0.147. The van der Waals surface area contributed by atoms with Crippen LogP contribution in [0, 0.1) is 6.92 Å². The summed E-state index contributed by atoms with van der Waals surface area (Å²) >= 11 is 0. The zero-order valence-corrected chi connectivity index (χ0v) is 11.8. The molecule has 3 N–H and O–H groups in total. The summed E-state index contributed by atoms with van der Waals surface area (Å²) in [7, 11) is 1.72. The van der Waals surface area contributed by atoms with Gasteiger partial charge in [0.15, 0.2) is 0 Å². The van der Waals surface area contributed by atoms with E-state index in [2.05, 4.69) is 24.0 Å². The van der Waals surface area contributed by atoms with Crippen molar-refractivity contribution in [1.29, 1.82) is 0 Å². The number of H-pyrrole nitrogens is 1. The molecule has 1 aromatic heterocycles. The maximum absolute atomic E-state index is 6.11. The van der Waals surface area contributed by atoms with Crippen LogP contribution in [0.25, 0.3) is 10.9 Å². The van der Waals surface area contributed by atoms with Crippen LogP contribution in [-0.4, -0.2) is 18.6 Å². The summed E-state index contributed by atoms with van der Waals surface area (Å²) in [6.07, 6.45) is 4.95. The minimum Gasteiger partial charge on any atom is -0.495 e. The fourth-order valence-corrected chi connectivity index (χ4v) is 3.63. The van der Waals surface area contributed by atoms with Gasteiger partial charge in [0.25, 0.3) is 0 Å². The van der Waals surface area contributed by atoms with Crippen LogP contribution >= 0.6 is 0 Å². The van der Waals surface area contributed by atoms with E-state index in [0.29, 0.717) is 0 Å². The average molecular weight is 258 g/mol. The molecule has 1 saturated carbocycles. The first kappa shape index (κ1) is 12.5. The lowest BCUT2D eigenvalue weighted by Gasteiger charge is -2.27. The molecule has 0 radical (unpaired) electrons. The van der Waals surface area contributed by atoms with Crippen molar-refractivity contribution in [2.45, 2.75) is 38.0 Å². The second kappa shape index (κ2) is 4.57. The van der Waals surface area contributed by atoms with E-state index in [0.717, 1.165) is 17.8 Å². The van der Waals surface area contributed by atoms with E-state index in [4.69, 9.17) is 10.5 Å². The number of nitrogens with two attached hydrogens (primary N) is 1. The lowest BCUT2D eigenvalue weighted by molar-refractivity contribution is 0.417. The molecule has 1 aliphatic carbocycles. The molecule has 1 fully saturated rings. The molecule has 1 aromatic carbocycles. The summed E-state index contributed by atoms with van der Waals surface area (Å²) < 4.78 is 5.46. The lowest BCUT2D eigenvalue weighted by Crippen LogP contribution is -2.33. The first-order chi connectivity index (χ1) is 9.22. The van der Waals surface area contributed by atoms with E-state index in [1.54, 1.807) is 7.11 Å². The molecular weight excluding hydrogens is 236 g/mol. The van der Waals surface area contributed by atoms with E-state index in [9.17, 15) is 0 Å². The SMILES string of the molecule is COc1cccc2c(C)c(C3(CN)CCCC3)[nH]c12. The van der Waals surface area contributed by atoms with Gasteiger partial charge in [-0.25, -0.2) is 0 Å². The van der Waals surface area contributed by atoms with Gasteiger partial charge in [0.05, 0.1) is 12.6 Å². The number of aromatic nitrogens is 1. The summed E-state index contributed by atoms with van der Waals surface area (Å²) in [5.74, 6) is 0.914. The number of nitrogens with one attached hydrogen (secondary N) is 1. The maximum atomic E-state index is 6.11. The van der Waals surface area contributed by atoms with Crippen molar-refractivity contribution < 1.29 is 4.74 Å². The van der Waals surface area contributed by atoms with Crippen LogP contribution in [0.15, 0.2) is 18.2 Å². The largest absolute Gasteiger partial charge is 0.495 e. The third-order valence-corrected chi connectivity index (χ3v) is 4.76. The number of aryl methyl sites for hydroxylation is 1. The maximum Gasteiger partial charge on any atom is 0.142 e. The van der Waals surface area contributed by atoms with Crippen LogP contribution in [-0.2, 0) is 5.41 Å². The highest BCUT2D eigenvalue weighted by Gasteiger charge is 2.37. The van der Waals surface area contributed by atoms with Crippen LogP contribution in [0.5, 0.6) is 5.75 Å². The molecule has 1 heterocycles. The predicted octanol–water partition coefficient (Wildman–Crippen LogP) is 3.26. The molecule has 0 amide bonds. The molecule has 0 aliphatic heterocycles. The highest BCUT2D eigenvalue weighted by atomic mass is 16.5. The molecule has 1 aliphatic rings. The van der Waals surface area contributed by atoms with Gasteiger partial charge < -0.3 is 15.5 Å². The quantitative estimate of drug-likeness (QED) is 0.888. The Morgan fingerprint density at radius 1 is 1.32 bits per heavy atom.